The molecule has 0 fully saturated rings. The van der Waals surface area contributed by atoms with Crippen LogP contribution in [0.3, 0.4) is 0 Å². The number of ether oxygens (including phenoxy) is 1. The van der Waals surface area contributed by atoms with Crippen LogP contribution in [0.1, 0.15) is 61.8 Å². The molecular weight excluding hydrogens is 371 g/mol. The van der Waals surface area contributed by atoms with Gasteiger partial charge in [-0.05, 0) is 52.6 Å². The second-order valence-corrected chi connectivity index (χ2v) is 7.51. The van der Waals surface area contributed by atoms with Crippen molar-refractivity contribution in [1.82, 2.24) is 0 Å². The summed E-state index contributed by atoms with van der Waals surface area (Å²) < 4.78 is 19.7. The molecule has 0 saturated heterocycles. The number of hydrogen-bond donors (Lipinski definition) is 2. The molecular formula is C21H24ClFO4. The minimum Gasteiger partial charge on any atom is -0.508 e. The quantitative estimate of drug-likeness (QED) is 0.652. The lowest BCUT2D eigenvalue weighted by Crippen LogP contribution is -2.12. The van der Waals surface area contributed by atoms with Gasteiger partial charge in [-0.1, -0.05) is 51.4 Å². The van der Waals surface area contributed by atoms with E-state index in [1.165, 1.54) is 6.07 Å². The van der Waals surface area contributed by atoms with Crippen LogP contribution in [-0.4, -0.2) is 22.8 Å². The molecule has 0 atom stereocenters. The van der Waals surface area contributed by atoms with E-state index in [4.69, 9.17) is 21.4 Å². The van der Waals surface area contributed by atoms with Crippen LogP contribution in [0.2, 0.25) is 5.02 Å². The van der Waals surface area contributed by atoms with Crippen molar-refractivity contribution in [2.45, 2.75) is 46.0 Å². The minimum atomic E-state index is -1.19. The number of hydrogen-bond acceptors (Lipinski definition) is 3. The second kappa shape index (κ2) is 8.61. The molecule has 0 aliphatic carbocycles. The second-order valence-electron chi connectivity index (χ2n) is 7.13. The fraction of sp³-hybridized carbons (Fsp3) is 0.381. The van der Waals surface area contributed by atoms with Crippen LogP contribution >= 0.6 is 11.6 Å². The van der Waals surface area contributed by atoms with Gasteiger partial charge in [-0.15, -0.1) is 0 Å². The number of carbonyl (C=O) groups is 1. The summed E-state index contributed by atoms with van der Waals surface area (Å²) in [6.07, 6.45) is 0.391. The molecule has 0 heterocycles. The summed E-state index contributed by atoms with van der Waals surface area (Å²) in [7, 11) is 0. The minimum absolute atomic E-state index is 0.0342. The summed E-state index contributed by atoms with van der Waals surface area (Å²) in [5.74, 6) is -1.71. The standard InChI is InChI=1S/C21H24ClFO4/c1-11(2)14-9-18(27-10-19(25)26)21(23)20(22)16(14)8-13-5-6-17(24)15(7-13)12(3)4/h5-7,9,11-12,24H,8,10H2,1-4H3,(H,25,26). The predicted molar refractivity (Wildman–Crippen MR) is 104 cm³/mol. The van der Waals surface area contributed by atoms with Crippen molar-refractivity contribution in [1.29, 1.82) is 0 Å². The molecule has 0 aromatic heterocycles. The van der Waals surface area contributed by atoms with Crippen LogP contribution < -0.4 is 4.74 Å². The normalized spacial score (nSPS) is 11.3. The molecule has 0 amide bonds. The van der Waals surface area contributed by atoms with Crippen molar-refractivity contribution < 1.29 is 24.1 Å². The summed E-state index contributed by atoms with van der Waals surface area (Å²) in [4.78, 5) is 10.7. The monoisotopic (exact) mass is 394 g/mol. The first kappa shape index (κ1) is 21.0. The molecule has 0 aliphatic heterocycles. The fourth-order valence-electron chi connectivity index (χ4n) is 2.98. The van der Waals surface area contributed by atoms with Crippen LogP contribution in [-0.2, 0) is 11.2 Å². The summed E-state index contributed by atoms with van der Waals surface area (Å²) in [5, 5.41) is 18.7. The molecule has 2 aromatic carbocycles. The number of halogens is 2. The fourth-order valence-corrected chi connectivity index (χ4v) is 3.25. The Morgan fingerprint density at radius 2 is 1.78 bits per heavy atom. The van der Waals surface area contributed by atoms with Gasteiger partial charge in [-0.2, -0.15) is 0 Å². The molecule has 6 heteroatoms. The maximum atomic E-state index is 14.6. The molecule has 0 radical (unpaired) electrons. The Kier molecular flexibility index (Phi) is 6.71. The van der Waals surface area contributed by atoms with Gasteiger partial charge in [-0.3, -0.25) is 0 Å². The number of aliphatic carboxylic acids is 1. The molecule has 0 bridgehead atoms. The number of benzene rings is 2. The van der Waals surface area contributed by atoms with E-state index in [1.807, 2.05) is 33.8 Å². The number of carboxylic acids is 1. The summed E-state index contributed by atoms with van der Waals surface area (Å²) in [5.41, 5.74) is 3.14. The van der Waals surface area contributed by atoms with Crippen LogP contribution in [0.4, 0.5) is 4.39 Å². The number of aromatic hydroxyl groups is 1. The molecule has 0 aliphatic rings. The van der Waals surface area contributed by atoms with Gasteiger partial charge >= 0.3 is 5.97 Å². The first-order valence-electron chi connectivity index (χ1n) is 8.78. The first-order chi connectivity index (χ1) is 12.6. The number of carboxylic acid groups (broad SMARTS) is 1. The highest BCUT2D eigenvalue weighted by Crippen LogP contribution is 2.37. The summed E-state index contributed by atoms with van der Waals surface area (Å²) >= 11 is 6.29. The number of phenols is 1. The van der Waals surface area contributed by atoms with Crippen molar-refractivity contribution in [2.75, 3.05) is 6.61 Å². The molecule has 0 spiro atoms. The van der Waals surface area contributed by atoms with Gasteiger partial charge in [0.25, 0.3) is 0 Å². The van der Waals surface area contributed by atoms with Gasteiger partial charge in [0.1, 0.15) is 5.75 Å². The topological polar surface area (TPSA) is 66.8 Å². The van der Waals surface area contributed by atoms with E-state index in [-0.39, 0.29) is 28.4 Å². The lowest BCUT2D eigenvalue weighted by molar-refractivity contribution is -0.139. The third-order valence-electron chi connectivity index (χ3n) is 4.38. The molecule has 2 aromatic rings. The summed E-state index contributed by atoms with van der Waals surface area (Å²) in [6.45, 7) is 7.23. The van der Waals surface area contributed by atoms with E-state index >= 15 is 0 Å². The summed E-state index contributed by atoms with van der Waals surface area (Å²) in [6, 6.07) is 6.84. The third-order valence-corrected chi connectivity index (χ3v) is 4.77. The van der Waals surface area contributed by atoms with E-state index in [2.05, 4.69) is 0 Å². The van der Waals surface area contributed by atoms with Crippen LogP contribution in [0.15, 0.2) is 24.3 Å². The molecule has 2 rings (SSSR count). The highest BCUT2D eigenvalue weighted by molar-refractivity contribution is 6.31. The lowest BCUT2D eigenvalue weighted by atomic mass is 9.90. The Morgan fingerprint density at radius 1 is 1.15 bits per heavy atom. The van der Waals surface area contributed by atoms with Crippen LogP contribution in [0.25, 0.3) is 0 Å². The zero-order chi connectivity index (χ0) is 20.3. The van der Waals surface area contributed by atoms with Gasteiger partial charge in [0.05, 0.1) is 5.02 Å². The Morgan fingerprint density at radius 3 is 2.33 bits per heavy atom. The molecule has 2 N–H and O–H groups in total. The molecule has 146 valence electrons. The zero-order valence-electron chi connectivity index (χ0n) is 15.8. The number of rotatable bonds is 7. The Hall–Kier alpha value is -2.27. The van der Waals surface area contributed by atoms with E-state index < -0.39 is 18.4 Å². The maximum absolute atomic E-state index is 14.6. The van der Waals surface area contributed by atoms with Gasteiger partial charge in [0.15, 0.2) is 18.2 Å². The van der Waals surface area contributed by atoms with Crippen molar-refractivity contribution in [3.05, 3.63) is 57.4 Å². The average molecular weight is 395 g/mol. The smallest absolute Gasteiger partial charge is 0.341 e. The molecule has 27 heavy (non-hydrogen) atoms. The van der Waals surface area contributed by atoms with Gasteiger partial charge in [0.2, 0.25) is 0 Å². The van der Waals surface area contributed by atoms with Crippen LogP contribution in [0, 0.1) is 5.82 Å². The largest absolute Gasteiger partial charge is 0.508 e. The van der Waals surface area contributed by atoms with E-state index in [9.17, 15) is 14.3 Å². The first-order valence-corrected chi connectivity index (χ1v) is 9.16. The van der Waals surface area contributed by atoms with E-state index in [0.717, 1.165) is 16.7 Å². The van der Waals surface area contributed by atoms with Crippen molar-refractivity contribution >= 4 is 17.6 Å². The molecule has 0 saturated carbocycles. The Bertz CT molecular complexity index is 847. The highest BCUT2D eigenvalue weighted by Gasteiger charge is 2.21. The van der Waals surface area contributed by atoms with Gasteiger partial charge < -0.3 is 14.9 Å². The SMILES string of the molecule is CC(C)c1cc(Cc2c(C(C)C)cc(OCC(=O)O)c(F)c2Cl)ccc1O. The van der Waals surface area contributed by atoms with E-state index in [1.54, 1.807) is 12.1 Å². The highest BCUT2D eigenvalue weighted by atomic mass is 35.5. The van der Waals surface area contributed by atoms with E-state index in [0.29, 0.717) is 12.0 Å². The van der Waals surface area contributed by atoms with Crippen LogP contribution in [0.5, 0.6) is 11.5 Å². The van der Waals surface area contributed by atoms with Crippen molar-refractivity contribution in [3.8, 4) is 11.5 Å². The predicted octanol–water partition coefficient (Wildman–Crippen LogP) is 5.49. The Balaban J connectivity index is 2.48. The Labute approximate surface area is 163 Å². The maximum Gasteiger partial charge on any atom is 0.341 e. The van der Waals surface area contributed by atoms with Crippen molar-refractivity contribution in [3.63, 3.8) is 0 Å². The van der Waals surface area contributed by atoms with Gasteiger partial charge in [-0.25, -0.2) is 9.18 Å². The zero-order valence-corrected chi connectivity index (χ0v) is 16.6. The van der Waals surface area contributed by atoms with Gasteiger partial charge in [0, 0.05) is 0 Å². The average Bonchev–Trinajstić information content (AvgIpc) is 2.59. The molecule has 0 unspecified atom stereocenters. The number of phenolic OH excluding ortho intramolecular Hbond substituents is 1. The van der Waals surface area contributed by atoms with Crippen molar-refractivity contribution in [2.24, 2.45) is 0 Å². The lowest BCUT2D eigenvalue weighted by Gasteiger charge is -2.19. The molecule has 4 nitrogen and oxygen atoms in total. The third kappa shape index (κ3) is 4.92.